The molecule has 0 heteroatoms. The van der Waals surface area contributed by atoms with Gasteiger partial charge < -0.3 is 0 Å². The highest BCUT2D eigenvalue weighted by Gasteiger charge is 1.99. The van der Waals surface area contributed by atoms with Crippen molar-refractivity contribution in [2.45, 2.75) is 38.5 Å². The molecule has 18 heavy (non-hydrogen) atoms. The second kappa shape index (κ2) is 7.00. The van der Waals surface area contributed by atoms with Crippen LogP contribution in [0.1, 0.15) is 37.7 Å². The molecule has 0 spiro atoms. The minimum atomic E-state index is 1.05. The summed E-state index contributed by atoms with van der Waals surface area (Å²) in [6.07, 6.45) is 9.10. The van der Waals surface area contributed by atoms with Crippen molar-refractivity contribution >= 4 is 10.8 Å². The number of hydrogen-bond donors (Lipinski definition) is 0. The number of fused-ring (bicyclic) bond motifs is 1. The molecule has 0 saturated heterocycles. The predicted molar refractivity (Wildman–Crippen MR) is 79.6 cm³/mol. The quantitative estimate of drug-likeness (QED) is 0.571. The monoisotopic (exact) mass is 237 g/mol. The Morgan fingerprint density at radius 1 is 0.833 bits per heavy atom. The fourth-order valence-electron chi connectivity index (χ4n) is 2.44. The highest BCUT2D eigenvalue weighted by atomic mass is 14.0. The molecule has 2 aromatic carbocycles. The number of allylic oxidation sites excluding steroid dienone is 1. The normalized spacial score (nSPS) is 10.7. The molecule has 0 nitrogen and oxygen atoms in total. The zero-order valence-electron chi connectivity index (χ0n) is 10.9. The van der Waals surface area contributed by atoms with Crippen LogP contribution in [0.5, 0.6) is 0 Å². The molecule has 0 unspecified atom stereocenters. The summed E-state index contributed by atoms with van der Waals surface area (Å²) in [4.78, 5) is 0. The van der Waals surface area contributed by atoms with E-state index in [1.807, 2.05) is 0 Å². The van der Waals surface area contributed by atoms with Crippen molar-refractivity contribution in [1.82, 2.24) is 0 Å². The smallest absolute Gasteiger partial charge is 0.0152 e. The minimum absolute atomic E-state index is 1.05. The number of hydrogen-bond acceptors (Lipinski definition) is 0. The summed E-state index contributed by atoms with van der Waals surface area (Å²) in [5.41, 5.74) is 1.48. The first-order chi connectivity index (χ1) is 8.92. The van der Waals surface area contributed by atoms with Crippen molar-refractivity contribution in [2.75, 3.05) is 0 Å². The molecule has 0 aliphatic rings. The molecule has 0 aliphatic heterocycles. The van der Waals surface area contributed by atoms with E-state index in [4.69, 9.17) is 6.58 Å². The van der Waals surface area contributed by atoms with E-state index in [2.05, 4.69) is 42.5 Å². The van der Waals surface area contributed by atoms with Gasteiger partial charge in [0.1, 0.15) is 0 Å². The highest BCUT2D eigenvalue weighted by Crippen LogP contribution is 2.20. The van der Waals surface area contributed by atoms with E-state index in [9.17, 15) is 0 Å². The second-order valence-corrected chi connectivity index (χ2v) is 4.83. The number of benzene rings is 2. The third kappa shape index (κ3) is 3.46. The van der Waals surface area contributed by atoms with Crippen LogP contribution in [-0.4, -0.2) is 0 Å². The standard InChI is InChI=1S/C18H21/c1-2-3-4-5-6-7-11-16-13-10-14-17-12-8-9-15-18(16)17/h1-2,8-10,12-15H,3-7,11H2. The molecule has 0 amide bonds. The van der Waals surface area contributed by atoms with Crippen LogP contribution in [0, 0.1) is 6.58 Å². The van der Waals surface area contributed by atoms with Crippen LogP contribution >= 0.6 is 0 Å². The average molecular weight is 237 g/mol. The van der Waals surface area contributed by atoms with Gasteiger partial charge in [-0.1, -0.05) is 68.0 Å². The van der Waals surface area contributed by atoms with Crippen LogP contribution in [0.3, 0.4) is 0 Å². The van der Waals surface area contributed by atoms with Crippen LogP contribution in [0.4, 0.5) is 0 Å². The van der Waals surface area contributed by atoms with E-state index in [0.29, 0.717) is 0 Å². The average Bonchev–Trinajstić information content (AvgIpc) is 2.43. The van der Waals surface area contributed by atoms with Crippen molar-refractivity contribution in [1.29, 1.82) is 0 Å². The molecule has 93 valence electrons. The number of unbranched alkanes of at least 4 members (excludes halogenated alkanes) is 4. The van der Waals surface area contributed by atoms with Crippen molar-refractivity contribution in [3.8, 4) is 0 Å². The molecule has 1 radical (unpaired) electrons. The summed E-state index contributed by atoms with van der Waals surface area (Å²) < 4.78 is 0. The summed E-state index contributed by atoms with van der Waals surface area (Å²) in [7, 11) is 0. The van der Waals surface area contributed by atoms with Gasteiger partial charge in [-0.05, 0) is 42.0 Å². The Morgan fingerprint density at radius 3 is 2.50 bits per heavy atom. The maximum Gasteiger partial charge on any atom is -0.0152 e. The van der Waals surface area contributed by atoms with Gasteiger partial charge in [-0.15, -0.1) is 0 Å². The topological polar surface area (TPSA) is 0 Å². The molecule has 0 heterocycles. The lowest BCUT2D eigenvalue weighted by atomic mass is 9.99. The Balaban J connectivity index is 1.89. The first-order valence-electron chi connectivity index (χ1n) is 6.92. The van der Waals surface area contributed by atoms with Gasteiger partial charge >= 0.3 is 0 Å². The van der Waals surface area contributed by atoms with E-state index in [1.54, 1.807) is 6.08 Å². The van der Waals surface area contributed by atoms with Crippen LogP contribution in [-0.2, 0) is 6.42 Å². The first kappa shape index (κ1) is 12.9. The Labute approximate surface area is 110 Å². The lowest BCUT2D eigenvalue weighted by molar-refractivity contribution is 0.647. The van der Waals surface area contributed by atoms with Crippen molar-refractivity contribution in [2.24, 2.45) is 0 Å². The lowest BCUT2D eigenvalue weighted by Crippen LogP contribution is -1.88. The molecule has 0 bridgehead atoms. The largest absolute Gasteiger partial charge is 0.0845 e. The van der Waals surface area contributed by atoms with E-state index < -0.39 is 0 Å². The van der Waals surface area contributed by atoms with Gasteiger partial charge in [0.15, 0.2) is 0 Å². The molecular formula is C18H21. The first-order valence-corrected chi connectivity index (χ1v) is 6.92. The van der Waals surface area contributed by atoms with Crippen molar-refractivity contribution in [3.63, 3.8) is 0 Å². The zero-order valence-corrected chi connectivity index (χ0v) is 10.9. The molecule has 0 aliphatic carbocycles. The second-order valence-electron chi connectivity index (χ2n) is 4.83. The predicted octanol–water partition coefficient (Wildman–Crippen LogP) is 5.32. The number of aryl methyl sites for hydroxylation is 1. The summed E-state index contributed by atoms with van der Waals surface area (Å²) in [6.45, 7) is 5.37. The molecule has 0 fully saturated rings. The van der Waals surface area contributed by atoms with Crippen molar-refractivity contribution in [3.05, 3.63) is 60.7 Å². The van der Waals surface area contributed by atoms with Gasteiger partial charge in [-0.25, -0.2) is 0 Å². The van der Waals surface area contributed by atoms with Gasteiger partial charge in [-0.2, -0.15) is 0 Å². The molecule has 2 rings (SSSR count). The summed E-state index contributed by atoms with van der Waals surface area (Å²) in [6, 6.07) is 15.3. The molecule has 2 aromatic rings. The van der Waals surface area contributed by atoms with Gasteiger partial charge in [0.2, 0.25) is 0 Å². The fourth-order valence-corrected chi connectivity index (χ4v) is 2.44. The molecule has 0 atom stereocenters. The van der Waals surface area contributed by atoms with Crippen LogP contribution in [0.2, 0.25) is 0 Å². The van der Waals surface area contributed by atoms with Crippen LogP contribution < -0.4 is 0 Å². The third-order valence-corrected chi connectivity index (χ3v) is 3.45. The molecular weight excluding hydrogens is 216 g/mol. The Morgan fingerprint density at radius 2 is 1.61 bits per heavy atom. The molecule has 0 saturated carbocycles. The third-order valence-electron chi connectivity index (χ3n) is 3.45. The van der Waals surface area contributed by atoms with E-state index in [1.165, 1.54) is 48.4 Å². The molecule has 0 N–H and O–H groups in total. The van der Waals surface area contributed by atoms with Crippen molar-refractivity contribution < 1.29 is 0 Å². The van der Waals surface area contributed by atoms with E-state index >= 15 is 0 Å². The Bertz CT molecular complexity index is 491. The van der Waals surface area contributed by atoms with E-state index in [-0.39, 0.29) is 0 Å². The SMILES string of the molecule is [CH]=CCCCCCCc1cccc2ccccc12. The lowest BCUT2D eigenvalue weighted by Gasteiger charge is -2.06. The maximum atomic E-state index is 5.37. The van der Waals surface area contributed by atoms with Gasteiger partial charge in [-0.3, -0.25) is 0 Å². The minimum Gasteiger partial charge on any atom is -0.0845 e. The summed E-state index contributed by atoms with van der Waals surface area (Å²) >= 11 is 0. The highest BCUT2D eigenvalue weighted by molar-refractivity contribution is 5.85. The fraction of sp³-hybridized carbons (Fsp3) is 0.333. The van der Waals surface area contributed by atoms with Crippen LogP contribution in [0.15, 0.2) is 48.5 Å². The van der Waals surface area contributed by atoms with Gasteiger partial charge in [0.25, 0.3) is 0 Å². The Hall–Kier alpha value is -1.56. The van der Waals surface area contributed by atoms with E-state index in [0.717, 1.165) is 6.42 Å². The number of rotatable bonds is 7. The van der Waals surface area contributed by atoms with Gasteiger partial charge in [0, 0.05) is 0 Å². The Kier molecular flexibility index (Phi) is 5.01. The maximum absolute atomic E-state index is 5.37. The zero-order chi connectivity index (χ0) is 12.6. The summed E-state index contributed by atoms with van der Waals surface area (Å²) in [5, 5.41) is 2.77. The molecule has 0 aromatic heterocycles. The summed E-state index contributed by atoms with van der Waals surface area (Å²) in [5.74, 6) is 0. The van der Waals surface area contributed by atoms with Crippen LogP contribution in [0.25, 0.3) is 10.8 Å². The van der Waals surface area contributed by atoms with Gasteiger partial charge in [0.05, 0.1) is 0 Å².